The third kappa shape index (κ3) is 2.62. The zero-order chi connectivity index (χ0) is 14.9. The lowest BCUT2D eigenvalue weighted by atomic mass is 10.1. The van der Waals surface area contributed by atoms with Crippen molar-refractivity contribution < 1.29 is 19.8 Å². The number of aliphatic hydroxyl groups is 1. The summed E-state index contributed by atoms with van der Waals surface area (Å²) in [5.74, 6) is -1.52. The number of β-amino-alcohol motifs (C(OH)–C–C–N with tert-alkyl or cyclic N) is 1. The minimum atomic E-state index is -1.10. The molecule has 0 aromatic carbocycles. The van der Waals surface area contributed by atoms with Crippen LogP contribution < -0.4 is 0 Å². The molecule has 7 nitrogen and oxygen atoms in total. The van der Waals surface area contributed by atoms with Gasteiger partial charge in [-0.25, -0.2) is 4.79 Å². The number of hydrogen-bond donors (Lipinski definition) is 2. The highest BCUT2D eigenvalue weighted by atomic mass is 16.4. The van der Waals surface area contributed by atoms with E-state index in [1.54, 1.807) is 13.0 Å². The molecular weight excluding hydrogens is 262 g/mol. The summed E-state index contributed by atoms with van der Waals surface area (Å²) in [4.78, 5) is 24.9. The van der Waals surface area contributed by atoms with Crippen LogP contribution in [0, 0.1) is 6.92 Å². The van der Waals surface area contributed by atoms with Crippen LogP contribution in [0.3, 0.4) is 0 Å². The van der Waals surface area contributed by atoms with Gasteiger partial charge in [0.2, 0.25) is 0 Å². The number of aromatic nitrogens is 2. The molecule has 1 fully saturated rings. The molecule has 1 aliphatic heterocycles. The number of hydrogen-bond acceptors (Lipinski definition) is 5. The first kappa shape index (κ1) is 14.4. The van der Waals surface area contributed by atoms with Crippen LogP contribution in [-0.2, 0) is 11.2 Å². The third-order valence-corrected chi connectivity index (χ3v) is 3.38. The summed E-state index contributed by atoms with van der Waals surface area (Å²) in [5.41, 5.74) is 1.49. The smallest absolute Gasteiger partial charge is 0.326 e. The van der Waals surface area contributed by atoms with E-state index in [2.05, 4.69) is 10.2 Å². The molecule has 1 saturated heterocycles. The first-order valence-corrected chi connectivity index (χ1v) is 6.49. The van der Waals surface area contributed by atoms with Crippen LogP contribution in [0.25, 0.3) is 0 Å². The Labute approximate surface area is 116 Å². The molecule has 0 aliphatic carbocycles. The van der Waals surface area contributed by atoms with Gasteiger partial charge in [-0.05, 0) is 19.4 Å². The van der Waals surface area contributed by atoms with Crippen molar-refractivity contribution in [2.45, 2.75) is 38.8 Å². The fraction of sp³-hybridized carbons (Fsp3) is 0.538. The zero-order valence-corrected chi connectivity index (χ0v) is 11.4. The molecule has 1 aromatic rings. The maximum absolute atomic E-state index is 12.5. The number of amides is 1. The minimum absolute atomic E-state index is 0.0281. The molecular formula is C13H17N3O4. The normalized spacial score (nSPS) is 22.1. The van der Waals surface area contributed by atoms with Gasteiger partial charge >= 0.3 is 5.97 Å². The number of aliphatic carboxylic acids is 1. The Morgan fingerprint density at radius 3 is 2.75 bits per heavy atom. The number of likely N-dealkylation sites (tertiary alicyclic amines) is 1. The molecule has 0 unspecified atom stereocenters. The number of aliphatic hydroxyl groups excluding tert-OH is 1. The lowest BCUT2D eigenvalue weighted by Gasteiger charge is -2.22. The molecule has 0 spiro atoms. The molecule has 2 atom stereocenters. The SMILES string of the molecule is CCc1nnc(C)cc1C(=O)N1C[C@H](O)C[C@@H]1C(=O)O. The number of carboxylic acids is 1. The highest BCUT2D eigenvalue weighted by Crippen LogP contribution is 2.22. The predicted molar refractivity (Wildman–Crippen MR) is 69.2 cm³/mol. The van der Waals surface area contributed by atoms with Gasteiger partial charge in [0, 0.05) is 13.0 Å². The van der Waals surface area contributed by atoms with Crippen LogP contribution in [0.15, 0.2) is 6.07 Å². The van der Waals surface area contributed by atoms with Gasteiger partial charge in [-0.2, -0.15) is 10.2 Å². The van der Waals surface area contributed by atoms with Gasteiger partial charge in [-0.1, -0.05) is 6.92 Å². The summed E-state index contributed by atoms with van der Waals surface area (Å²) < 4.78 is 0. The zero-order valence-electron chi connectivity index (χ0n) is 11.4. The molecule has 2 heterocycles. The number of carbonyl (C=O) groups excluding carboxylic acids is 1. The first-order valence-electron chi connectivity index (χ1n) is 6.49. The quantitative estimate of drug-likeness (QED) is 0.807. The van der Waals surface area contributed by atoms with Crippen molar-refractivity contribution in [2.75, 3.05) is 6.54 Å². The average molecular weight is 279 g/mol. The van der Waals surface area contributed by atoms with E-state index in [1.807, 2.05) is 6.92 Å². The van der Waals surface area contributed by atoms with Crippen LogP contribution in [0.5, 0.6) is 0 Å². The maximum atomic E-state index is 12.5. The molecule has 108 valence electrons. The van der Waals surface area contributed by atoms with Gasteiger partial charge in [-0.15, -0.1) is 0 Å². The first-order chi connectivity index (χ1) is 9.43. The van der Waals surface area contributed by atoms with Crippen molar-refractivity contribution in [1.82, 2.24) is 15.1 Å². The molecule has 2 rings (SSSR count). The second kappa shape index (κ2) is 5.54. The summed E-state index contributed by atoms with van der Waals surface area (Å²) in [7, 11) is 0. The molecule has 0 radical (unpaired) electrons. The van der Waals surface area contributed by atoms with E-state index in [-0.39, 0.29) is 13.0 Å². The van der Waals surface area contributed by atoms with Crippen molar-refractivity contribution in [1.29, 1.82) is 0 Å². The van der Waals surface area contributed by atoms with Gasteiger partial charge in [0.1, 0.15) is 6.04 Å². The molecule has 7 heteroatoms. The Morgan fingerprint density at radius 2 is 2.15 bits per heavy atom. The second-order valence-electron chi connectivity index (χ2n) is 4.90. The van der Waals surface area contributed by atoms with Crippen molar-refractivity contribution in [3.05, 3.63) is 23.0 Å². The molecule has 1 aliphatic rings. The van der Waals surface area contributed by atoms with Gasteiger partial charge in [0.25, 0.3) is 5.91 Å². The summed E-state index contributed by atoms with van der Waals surface area (Å²) in [5, 5.41) is 26.6. The van der Waals surface area contributed by atoms with E-state index in [1.165, 1.54) is 4.90 Å². The van der Waals surface area contributed by atoms with E-state index in [0.29, 0.717) is 23.4 Å². The Morgan fingerprint density at radius 1 is 1.45 bits per heavy atom. The Hall–Kier alpha value is -2.02. The molecule has 0 bridgehead atoms. The molecule has 2 N–H and O–H groups in total. The third-order valence-electron chi connectivity index (χ3n) is 3.38. The highest BCUT2D eigenvalue weighted by molar-refractivity contribution is 5.98. The summed E-state index contributed by atoms with van der Waals surface area (Å²) in [6.07, 6.45) is -0.219. The van der Waals surface area contributed by atoms with E-state index in [9.17, 15) is 14.7 Å². The van der Waals surface area contributed by atoms with Gasteiger partial charge in [0.15, 0.2) is 0 Å². The number of rotatable bonds is 3. The number of carbonyl (C=O) groups is 2. The topological polar surface area (TPSA) is 104 Å². The minimum Gasteiger partial charge on any atom is -0.480 e. The lowest BCUT2D eigenvalue weighted by molar-refractivity contribution is -0.141. The summed E-state index contributed by atoms with van der Waals surface area (Å²) in [6, 6.07) is 0.619. The predicted octanol–water partition coefficient (Wildman–Crippen LogP) is 0.00742. The van der Waals surface area contributed by atoms with Crippen molar-refractivity contribution in [3.8, 4) is 0 Å². The Balaban J connectivity index is 2.35. The van der Waals surface area contributed by atoms with Crippen LogP contribution >= 0.6 is 0 Å². The number of aryl methyl sites for hydroxylation is 2. The average Bonchev–Trinajstić information content (AvgIpc) is 2.80. The van der Waals surface area contributed by atoms with Gasteiger partial charge in [-0.3, -0.25) is 4.79 Å². The van der Waals surface area contributed by atoms with E-state index < -0.39 is 24.0 Å². The molecule has 1 amide bonds. The highest BCUT2D eigenvalue weighted by Gasteiger charge is 2.39. The monoisotopic (exact) mass is 279 g/mol. The number of carboxylic acid groups (broad SMARTS) is 1. The second-order valence-corrected chi connectivity index (χ2v) is 4.90. The largest absolute Gasteiger partial charge is 0.480 e. The van der Waals surface area contributed by atoms with E-state index in [4.69, 9.17) is 5.11 Å². The van der Waals surface area contributed by atoms with Gasteiger partial charge in [0.05, 0.1) is 23.1 Å². The maximum Gasteiger partial charge on any atom is 0.326 e. The van der Waals surface area contributed by atoms with Crippen LogP contribution in [-0.4, -0.2) is 55.9 Å². The fourth-order valence-electron chi connectivity index (χ4n) is 2.39. The molecule has 0 saturated carbocycles. The standard InChI is InChI=1S/C13H17N3O4/c1-3-10-9(4-7(2)14-15-10)12(18)16-6-8(17)5-11(16)13(19)20/h4,8,11,17H,3,5-6H2,1-2H3,(H,19,20)/t8-,11-/m1/s1. The number of nitrogens with zero attached hydrogens (tertiary/aromatic N) is 3. The van der Waals surface area contributed by atoms with Crippen LogP contribution in [0.2, 0.25) is 0 Å². The lowest BCUT2D eigenvalue weighted by Crippen LogP contribution is -2.41. The van der Waals surface area contributed by atoms with Gasteiger partial charge < -0.3 is 15.1 Å². The Kier molecular flexibility index (Phi) is 3.99. The van der Waals surface area contributed by atoms with E-state index >= 15 is 0 Å². The summed E-state index contributed by atoms with van der Waals surface area (Å²) in [6.45, 7) is 3.60. The van der Waals surface area contributed by atoms with E-state index in [0.717, 1.165) is 0 Å². The summed E-state index contributed by atoms with van der Waals surface area (Å²) >= 11 is 0. The van der Waals surface area contributed by atoms with Crippen LogP contribution in [0.4, 0.5) is 0 Å². The van der Waals surface area contributed by atoms with Crippen molar-refractivity contribution >= 4 is 11.9 Å². The fourth-order valence-corrected chi connectivity index (χ4v) is 2.39. The molecule has 1 aromatic heterocycles. The Bertz CT molecular complexity index is 546. The van der Waals surface area contributed by atoms with Crippen molar-refractivity contribution in [2.24, 2.45) is 0 Å². The molecule has 20 heavy (non-hydrogen) atoms. The van der Waals surface area contributed by atoms with Crippen molar-refractivity contribution in [3.63, 3.8) is 0 Å². The van der Waals surface area contributed by atoms with Crippen LogP contribution in [0.1, 0.15) is 35.1 Å².